The fraction of sp³-hybridized carbons (Fsp3) is 0.300. The van der Waals surface area contributed by atoms with Gasteiger partial charge in [0.15, 0.2) is 22.8 Å². The number of hydrogen-bond donors (Lipinski definition) is 3. The number of nitrogens with zero attached hydrogens (tertiary/aromatic N) is 6. The van der Waals surface area contributed by atoms with Gasteiger partial charge in [0.1, 0.15) is 5.82 Å². The number of ether oxygens (including phenoxy) is 1. The number of amides is 2. The van der Waals surface area contributed by atoms with Crippen LogP contribution in [0, 0.1) is 0 Å². The van der Waals surface area contributed by atoms with Crippen LogP contribution < -0.4 is 16.1 Å². The Hall–Kier alpha value is -4.65. The smallest absolute Gasteiger partial charge is 0.267 e. The van der Waals surface area contributed by atoms with Crippen LogP contribution in [0.2, 0.25) is 0 Å². The van der Waals surface area contributed by atoms with Gasteiger partial charge in [-0.25, -0.2) is 20.4 Å². The first-order valence-electron chi connectivity index (χ1n) is 13.8. The first-order valence-corrected chi connectivity index (χ1v) is 13.8. The van der Waals surface area contributed by atoms with Crippen molar-refractivity contribution in [2.45, 2.75) is 26.6 Å². The highest BCUT2D eigenvalue weighted by atomic mass is 16.5. The number of carbonyl (C=O) groups is 2. The summed E-state index contributed by atoms with van der Waals surface area (Å²) in [5, 5.41) is 8.64. The molecule has 1 aliphatic rings. The summed E-state index contributed by atoms with van der Waals surface area (Å²) in [5.41, 5.74) is 11.7. The normalized spacial score (nSPS) is 13.8. The minimum atomic E-state index is -0.577. The van der Waals surface area contributed by atoms with Gasteiger partial charge in [0.05, 0.1) is 19.8 Å². The number of benzene rings is 2. The van der Waals surface area contributed by atoms with E-state index in [9.17, 15) is 9.59 Å². The van der Waals surface area contributed by atoms with E-state index in [1.807, 2.05) is 43.4 Å². The number of aryl methyl sites for hydroxylation is 1. The number of fused-ring (bicyclic) bond motifs is 1. The van der Waals surface area contributed by atoms with E-state index >= 15 is 0 Å². The Morgan fingerprint density at radius 1 is 1.05 bits per heavy atom. The number of anilines is 1. The molecule has 218 valence electrons. The molecule has 4 aromatic rings. The van der Waals surface area contributed by atoms with Crippen LogP contribution in [0.5, 0.6) is 0 Å². The molecule has 0 aliphatic carbocycles. The maximum absolute atomic E-state index is 11.6. The van der Waals surface area contributed by atoms with E-state index in [-0.39, 0.29) is 0 Å². The average Bonchev–Trinajstić information content (AvgIpc) is 3.37. The zero-order chi connectivity index (χ0) is 29.6. The molecule has 1 aliphatic heterocycles. The van der Waals surface area contributed by atoms with Crippen molar-refractivity contribution >= 4 is 34.9 Å². The lowest BCUT2D eigenvalue weighted by atomic mass is 10.1. The zero-order valence-electron chi connectivity index (χ0n) is 23.7. The highest BCUT2D eigenvalue weighted by Crippen LogP contribution is 2.29. The van der Waals surface area contributed by atoms with Crippen molar-refractivity contribution in [1.82, 2.24) is 29.9 Å². The second kappa shape index (κ2) is 12.9. The van der Waals surface area contributed by atoms with Crippen molar-refractivity contribution in [2.75, 3.05) is 38.3 Å². The lowest BCUT2D eigenvalue weighted by Crippen LogP contribution is -2.37. The standard InChI is InChI=1S/C30H34N8O4/c1-3-38-24(19-36(2)18-21-6-4-20(5-7-21)8-13-25(39)35-41)32-26-29(37-14-16-42-17-15-37)33-28(34-30(26)38)23-11-9-22(10-12-23)27(31)40/h4-13,41H,3,14-19H2,1-2H3,(H2,31,40)(H,35,39)/b13-8+. The van der Waals surface area contributed by atoms with Crippen LogP contribution in [-0.2, 0) is 29.2 Å². The molecule has 5 rings (SSSR count). The molecule has 2 aromatic heterocycles. The summed E-state index contributed by atoms with van der Waals surface area (Å²) in [5.74, 6) is 1.15. The van der Waals surface area contributed by atoms with E-state index in [0.29, 0.717) is 57.3 Å². The predicted molar refractivity (Wildman–Crippen MR) is 159 cm³/mol. The van der Waals surface area contributed by atoms with Crippen LogP contribution in [0.4, 0.5) is 5.82 Å². The molecular formula is C30H34N8O4. The van der Waals surface area contributed by atoms with Crippen molar-refractivity contribution in [3.8, 4) is 11.4 Å². The Bertz CT molecular complexity index is 1590. The van der Waals surface area contributed by atoms with E-state index in [2.05, 4.69) is 21.3 Å². The maximum Gasteiger partial charge on any atom is 0.267 e. The summed E-state index contributed by atoms with van der Waals surface area (Å²) in [6.45, 7) is 6.67. The molecule has 0 saturated carbocycles. The van der Waals surface area contributed by atoms with Gasteiger partial charge in [0.2, 0.25) is 5.91 Å². The average molecular weight is 571 g/mol. The molecule has 0 spiro atoms. The molecule has 3 heterocycles. The Morgan fingerprint density at radius 3 is 2.40 bits per heavy atom. The SMILES string of the molecule is CCn1c(CN(C)Cc2ccc(/C=C/C(=O)NO)cc2)nc2c(N3CCOCC3)nc(-c3ccc(C(N)=O)cc3)nc21. The first kappa shape index (κ1) is 28.9. The van der Waals surface area contributed by atoms with E-state index in [0.717, 1.165) is 39.5 Å². The summed E-state index contributed by atoms with van der Waals surface area (Å²) < 4.78 is 7.71. The molecule has 0 unspecified atom stereocenters. The fourth-order valence-electron chi connectivity index (χ4n) is 4.94. The number of carbonyl (C=O) groups excluding carboxylic acids is 2. The summed E-state index contributed by atoms with van der Waals surface area (Å²) >= 11 is 0. The molecule has 0 radical (unpaired) electrons. The van der Waals surface area contributed by atoms with Crippen LogP contribution in [0.1, 0.15) is 34.2 Å². The number of hydrogen-bond acceptors (Lipinski definition) is 9. The molecule has 1 fully saturated rings. The maximum atomic E-state index is 11.6. The number of nitrogens with two attached hydrogens (primary N) is 1. The van der Waals surface area contributed by atoms with Gasteiger partial charge in [-0.15, -0.1) is 0 Å². The van der Waals surface area contributed by atoms with Gasteiger partial charge < -0.3 is 19.9 Å². The molecule has 0 bridgehead atoms. The fourth-order valence-corrected chi connectivity index (χ4v) is 4.94. The second-order valence-corrected chi connectivity index (χ2v) is 10.1. The number of aromatic nitrogens is 4. The number of nitrogens with one attached hydrogen (secondary N) is 1. The molecule has 12 nitrogen and oxygen atoms in total. The van der Waals surface area contributed by atoms with Gasteiger partial charge in [-0.1, -0.05) is 36.4 Å². The van der Waals surface area contributed by atoms with Crippen LogP contribution in [0.3, 0.4) is 0 Å². The van der Waals surface area contributed by atoms with Crippen molar-refractivity contribution in [2.24, 2.45) is 5.73 Å². The minimum absolute atomic E-state index is 0.428. The predicted octanol–water partition coefficient (Wildman–Crippen LogP) is 2.60. The van der Waals surface area contributed by atoms with Crippen molar-refractivity contribution in [3.63, 3.8) is 0 Å². The van der Waals surface area contributed by atoms with Crippen LogP contribution in [-0.4, -0.2) is 74.8 Å². The molecule has 0 atom stereocenters. The molecule has 1 saturated heterocycles. The zero-order valence-corrected chi connectivity index (χ0v) is 23.7. The minimum Gasteiger partial charge on any atom is -0.378 e. The van der Waals surface area contributed by atoms with E-state index in [1.165, 1.54) is 6.08 Å². The highest BCUT2D eigenvalue weighted by Gasteiger charge is 2.23. The number of imidazole rings is 1. The van der Waals surface area contributed by atoms with Crippen LogP contribution in [0.25, 0.3) is 28.6 Å². The van der Waals surface area contributed by atoms with Gasteiger partial charge >= 0.3 is 0 Å². The lowest BCUT2D eigenvalue weighted by Gasteiger charge is -2.28. The number of morpholine rings is 1. The van der Waals surface area contributed by atoms with Crippen LogP contribution >= 0.6 is 0 Å². The molecule has 2 aromatic carbocycles. The van der Waals surface area contributed by atoms with E-state index < -0.39 is 11.8 Å². The van der Waals surface area contributed by atoms with E-state index in [4.69, 9.17) is 30.6 Å². The van der Waals surface area contributed by atoms with Gasteiger partial charge in [0.25, 0.3) is 5.91 Å². The molecule has 2 amide bonds. The monoisotopic (exact) mass is 570 g/mol. The third-order valence-corrected chi connectivity index (χ3v) is 7.09. The summed E-state index contributed by atoms with van der Waals surface area (Å²) in [7, 11) is 2.04. The van der Waals surface area contributed by atoms with Gasteiger partial charge in [-0.3, -0.25) is 19.7 Å². The van der Waals surface area contributed by atoms with Crippen molar-refractivity contribution in [1.29, 1.82) is 0 Å². The Morgan fingerprint density at radius 2 is 1.76 bits per heavy atom. The largest absolute Gasteiger partial charge is 0.378 e. The molecule has 4 N–H and O–H groups in total. The highest BCUT2D eigenvalue weighted by molar-refractivity contribution is 5.93. The Kier molecular flexibility index (Phi) is 8.86. The molecule has 12 heteroatoms. The van der Waals surface area contributed by atoms with Gasteiger partial charge in [-0.2, -0.15) is 0 Å². The molecule has 42 heavy (non-hydrogen) atoms. The number of primary amides is 1. The lowest BCUT2D eigenvalue weighted by molar-refractivity contribution is -0.124. The number of rotatable bonds is 10. The third kappa shape index (κ3) is 6.46. The Labute approximate surface area is 243 Å². The Balaban J connectivity index is 1.44. The number of hydroxylamine groups is 1. The topological polar surface area (TPSA) is 152 Å². The first-order chi connectivity index (χ1) is 20.4. The van der Waals surface area contributed by atoms with Crippen LogP contribution in [0.15, 0.2) is 54.6 Å². The summed E-state index contributed by atoms with van der Waals surface area (Å²) in [6, 6.07) is 14.9. The quantitative estimate of drug-likeness (QED) is 0.148. The molecular weight excluding hydrogens is 536 g/mol. The van der Waals surface area contributed by atoms with E-state index in [1.54, 1.807) is 23.7 Å². The van der Waals surface area contributed by atoms with Crippen molar-refractivity contribution in [3.05, 3.63) is 77.1 Å². The third-order valence-electron chi connectivity index (χ3n) is 7.09. The van der Waals surface area contributed by atoms with Gasteiger partial charge in [-0.05, 0) is 43.3 Å². The summed E-state index contributed by atoms with van der Waals surface area (Å²) in [6.07, 6.45) is 2.90. The van der Waals surface area contributed by atoms with Gasteiger partial charge in [0, 0.05) is 43.4 Å². The summed E-state index contributed by atoms with van der Waals surface area (Å²) in [4.78, 5) is 42.1. The second-order valence-electron chi connectivity index (χ2n) is 10.1. The van der Waals surface area contributed by atoms with Crippen molar-refractivity contribution < 1.29 is 19.5 Å².